The van der Waals surface area contributed by atoms with Crippen molar-refractivity contribution in [3.05, 3.63) is 30.3 Å². The van der Waals surface area contributed by atoms with Gasteiger partial charge in [0, 0.05) is 12.2 Å². The molecule has 16 heavy (non-hydrogen) atoms. The van der Waals surface area contributed by atoms with E-state index in [9.17, 15) is 0 Å². The summed E-state index contributed by atoms with van der Waals surface area (Å²) in [6.07, 6.45) is 8.37. The lowest BCUT2D eigenvalue weighted by Gasteiger charge is -2.04. The van der Waals surface area contributed by atoms with Gasteiger partial charge in [0.1, 0.15) is 0 Å². The molecule has 4 heteroatoms. The first kappa shape index (κ1) is 10.8. The minimum Gasteiger partial charge on any atom is -0.442 e. The Morgan fingerprint density at radius 2 is 2.38 bits per heavy atom. The summed E-state index contributed by atoms with van der Waals surface area (Å²) in [6.45, 7) is 2.14. The van der Waals surface area contributed by atoms with Gasteiger partial charge in [-0.15, -0.1) is 0 Å². The van der Waals surface area contributed by atoms with E-state index in [0.29, 0.717) is 11.7 Å². The SMILES string of the molecule is CNC(C)CC=Cc1cnc2ncoc2c1. The third-order valence-electron chi connectivity index (χ3n) is 2.50. The van der Waals surface area contributed by atoms with Gasteiger partial charge in [0.15, 0.2) is 17.6 Å². The molecule has 0 aromatic carbocycles. The number of aromatic nitrogens is 2. The number of rotatable bonds is 4. The fourth-order valence-corrected chi connectivity index (χ4v) is 1.39. The lowest BCUT2D eigenvalue weighted by atomic mass is 10.2. The zero-order chi connectivity index (χ0) is 11.4. The second-order valence-corrected chi connectivity index (χ2v) is 3.77. The first-order chi connectivity index (χ1) is 7.79. The van der Waals surface area contributed by atoms with Crippen LogP contribution in [0.2, 0.25) is 0 Å². The van der Waals surface area contributed by atoms with Crippen LogP contribution in [0, 0.1) is 0 Å². The van der Waals surface area contributed by atoms with Crippen LogP contribution in [-0.2, 0) is 0 Å². The van der Waals surface area contributed by atoms with Crippen LogP contribution >= 0.6 is 0 Å². The van der Waals surface area contributed by atoms with E-state index >= 15 is 0 Å². The van der Waals surface area contributed by atoms with Crippen molar-refractivity contribution in [1.29, 1.82) is 0 Å². The Bertz CT molecular complexity index is 490. The molecule has 0 bridgehead atoms. The van der Waals surface area contributed by atoms with E-state index in [2.05, 4.69) is 28.3 Å². The molecule has 2 aromatic rings. The van der Waals surface area contributed by atoms with Gasteiger partial charge >= 0.3 is 0 Å². The zero-order valence-corrected chi connectivity index (χ0v) is 9.47. The molecule has 2 rings (SSSR count). The highest BCUT2D eigenvalue weighted by molar-refractivity contribution is 5.70. The molecule has 4 nitrogen and oxygen atoms in total. The quantitative estimate of drug-likeness (QED) is 0.853. The van der Waals surface area contributed by atoms with E-state index in [-0.39, 0.29) is 0 Å². The topological polar surface area (TPSA) is 51.0 Å². The zero-order valence-electron chi connectivity index (χ0n) is 9.47. The molecule has 0 fully saturated rings. The van der Waals surface area contributed by atoms with Crippen molar-refractivity contribution < 1.29 is 4.42 Å². The molecule has 84 valence electrons. The van der Waals surface area contributed by atoms with E-state index in [1.54, 1.807) is 6.20 Å². The molecule has 0 radical (unpaired) electrons. The summed E-state index contributed by atoms with van der Waals surface area (Å²) in [5.74, 6) is 0. The normalized spacial score (nSPS) is 13.6. The summed E-state index contributed by atoms with van der Waals surface area (Å²) >= 11 is 0. The molecule has 0 saturated carbocycles. The van der Waals surface area contributed by atoms with Crippen LogP contribution in [-0.4, -0.2) is 23.1 Å². The molecule has 2 heterocycles. The predicted molar refractivity (Wildman–Crippen MR) is 64.0 cm³/mol. The first-order valence-electron chi connectivity index (χ1n) is 5.32. The van der Waals surface area contributed by atoms with Gasteiger partial charge in [-0.05, 0) is 32.0 Å². The maximum Gasteiger partial charge on any atom is 0.198 e. The average molecular weight is 217 g/mol. The van der Waals surface area contributed by atoms with Gasteiger partial charge in [0.2, 0.25) is 0 Å². The van der Waals surface area contributed by atoms with Crippen LogP contribution in [0.3, 0.4) is 0 Å². The Kier molecular flexibility index (Phi) is 3.31. The van der Waals surface area contributed by atoms with Crippen LogP contribution in [0.25, 0.3) is 17.3 Å². The highest BCUT2D eigenvalue weighted by Gasteiger charge is 1.99. The number of oxazole rings is 1. The molecule has 0 aliphatic carbocycles. The molecule has 0 aliphatic rings. The van der Waals surface area contributed by atoms with Gasteiger partial charge in [-0.1, -0.05) is 12.2 Å². The van der Waals surface area contributed by atoms with Crippen molar-refractivity contribution in [2.75, 3.05) is 7.05 Å². The summed E-state index contributed by atoms with van der Waals surface area (Å²) < 4.78 is 5.19. The van der Waals surface area contributed by atoms with Crippen molar-refractivity contribution in [1.82, 2.24) is 15.3 Å². The van der Waals surface area contributed by atoms with Crippen molar-refractivity contribution in [2.24, 2.45) is 0 Å². The molecule has 2 aromatic heterocycles. The average Bonchev–Trinajstić information content (AvgIpc) is 2.76. The number of hydrogen-bond donors (Lipinski definition) is 1. The van der Waals surface area contributed by atoms with Crippen LogP contribution in [0.4, 0.5) is 0 Å². The van der Waals surface area contributed by atoms with E-state index in [0.717, 1.165) is 17.6 Å². The monoisotopic (exact) mass is 217 g/mol. The van der Waals surface area contributed by atoms with Crippen LogP contribution in [0.5, 0.6) is 0 Å². The van der Waals surface area contributed by atoms with Gasteiger partial charge in [-0.25, -0.2) is 4.98 Å². The fourth-order valence-electron chi connectivity index (χ4n) is 1.39. The molecule has 0 saturated heterocycles. The predicted octanol–water partition coefficient (Wildman–Crippen LogP) is 2.23. The largest absolute Gasteiger partial charge is 0.442 e. The summed E-state index contributed by atoms with van der Waals surface area (Å²) in [6, 6.07) is 2.42. The van der Waals surface area contributed by atoms with Crippen LogP contribution < -0.4 is 5.32 Å². The lowest BCUT2D eigenvalue weighted by Crippen LogP contribution is -2.19. The Labute approximate surface area is 94.4 Å². The molecule has 1 unspecified atom stereocenters. The molecule has 0 spiro atoms. The van der Waals surface area contributed by atoms with Crippen molar-refractivity contribution >= 4 is 17.3 Å². The third kappa shape index (κ3) is 2.46. The Hall–Kier alpha value is -1.68. The number of nitrogens with one attached hydrogen (secondary N) is 1. The fraction of sp³-hybridized carbons (Fsp3) is 0.333. The Morgan fingerprint density at radius 1 is 1.50 bits per heavy atom. The minimum atomic E-state index is 0.484. The summed E-state index contributed by atoms with van der Waals surface area (Å²) in [7, 11) is 1.96. The molecule has 0 aliphatic heterocycles. The number of hydrogen-bond acceptors (Lipinski definition) is 4. The Morgan fingerprint density at radius 3 is 3.19 bits per heavy atom. The molecule has 1 N–H and O–H groups in total. The van der Waals surface area contributed by atoms with Crippen molar-refractivity contribution in [2.45, 2.75) is 19.4 Å². The van der Waals surface area contributed by atoms with E-state index < -0.39 is 0 Å². The lowest BCUT2D eigenvalue weighted by molar-refractivity contribution is 0.602. The smallest absolute Gasteiger partial charge is 0.198 e. The summed E-state index contributed by atoms with van der Waals surface area (Å²) in [5, 5.41) is 3.18. The standard InChI is InChI=1S/C12H15N3O/c1-9(13-2)4-3-5-10-6-11-12(14-7-10)15-8-16-11/h3,5-9,13H,4H2,1-2H3. The summed E-state index contributed by atoms with van der Waals surface area (Å²) in [4.78, 5) is 8.16. The third-order valence-corrected chi connectivity index (χ3v) is 2.50. The Balaban J connectivity index is 2.08. The summed E-state index contributed by atoms with van der Waals surface area (Å²) in [5.41, 5.74) is 2.41. The number of fused-ring (bicyclic) bond motifs is 1. The second-order valence-electron chi connectivity index (χ2n) is 3.77. The van der Waals surface area contributed by atoms with E-state index in [1.807, 2.05) is 19.2 Å². The first-order valence-corrected chi connectivity index (χ1v) is 5.32. The van der Waals surface area contributed by atoms with Gasteiger partial charge in [0.05, 0.1) is 0 Å². The molecule has 0 amide bonds. The van der Waals surface area contributed by atoms with E-state index in [1.165, 1.54) is 6.39 Å². The van der Waals surface area contributed by atoms with Crippen LogP contribution in [0.15, 0.2) is 29.2 Å². The highest BCUT2D eigenvalue weighted by atomic mass is 16.3. The van der Waals surface area contributed by atoms with Gasteiger partial charge in [0.25, 0.3) is 0 Å². The van der Waals surface area contributed by atoms with E-state index in [4.69, 9.17) is 4.42 Å². The molecule has 1 atom stereocenters. The van der Waals surface area contributed by atoms with Crippen LogP contribution in [0.1, 0.15) is 18.9 Å². The van der Waals surface area contributed by atoms with Crippen molar-refractivity contribution in [3.63, 3.8) is 0 Å². The maximum atomic E-state index is 5.19. The highest BCUT2D eigenvalue weighted by Crippen LogP contribution is 2.12. The molecular weight excluding hydrogens is 202 g/mol. The van der Waals surface area contributed by atoms with Gasteiger partial charge in [-0.2, -0.15) is 4.98 Å². The second kappa shape index (κ2) is 4.90. The minimum absolute atomic E-state index is 0.484. The van der Waals surface area contributed by atoms with Gasteiger partial charge in [-0.3, -0.25) is 0 Å². The number of nitrogens with zero attached hydrogens (tertiary/aromatic N) is 2. The molecular formula is C12H15N3O. The maximum absolute atomic E-state index is 5.19. The van der Waals surface area contributed by atoms with Crippen molar-refractivity contribution in [3.8, 4) is 0 Å². The number of pyridine rings is 1. The van der Waals surface area contributed by atoms with Gasteiger partial charge < -0.3 is 9.73 Å².